The molecule has 2 heterocycles. The smallest absolute Gasteiger partial charge is 0.230 e. The molecule has 1 amide bonds. The average molecular weight is 262 g/mol. The predicted octanol–water partition coefficient (Wildman–Crippen LogP) is 1.93. The third kappa shape index (κ3) is 2.37. The quantitative estimate of drug-likeness (QED) is 0.883. The lowest BCUT2D eigenvalue weighted by Crippen LogP contribution is -2.49. The van der Waals surface area contributed by atoms with Crippen LogP contribution in [0.15, 0.2) is 24.3 Å². The van der Waals surface area contributed by atoms with Crippen LogP contribution in [-0.4, -0.2) is 30.4 Å². The Morgan fingerprint density at radius 2 is 2.05 bits per heavy atom. The van der Waals surface area contributed by atoms with Crippen molar-refractivity contribution in [2.24, 2.45) is 5.41 Å². The molecule has 3 nitrogen and oxygen atoms in total. The molecule has 102 valence electrons. The third-order valence-electron chi connectivity index (χ3n) is 4.35. The molecule has 1 atom stereocenters. The van der Waals surface area contributed by atoms with Gasteiger partial charge in [0.05, 0.1) is 5.41 Å². The van der Waals surface area contributed by atoms with Gasteiger partial charge in [0.25, 0.3) is 0 Å². The number of hydrogen-bond donors (Lipinski definition) is 1. The molecular formula is C15H19FN2O. The largest absolute Gasteiger partial charge is 0.338 e. The van der Waals surface area contributed by atoms with Crippen molar-refractivity contribution in [1.82, 2.24) is 10.2 Å². The van der Waals surface area contributed by atoms with Gasteiger partial charge in [-0.3, -0.25) is 4.79 Å². The molecule has 2 aliphatic rings. The van der Waals surface area contributed by atoms with Gasteiger partial charge in [0.2, 0.25) is 5.91 Å². The second-order valence-corrected chi connectivity index (χ2v) is 5.66. The molecule has 19 heavy (non-hydrogen) atoms. The summed E-state index contributed by atoms with van der Waals surface area (Å²) in [5.74, 6) is 0.0401. The topological polar surface area (TPSA) is 32.3 Å². The highest BCUT2D eigenvalue weighted by Gasteiger charge is 2.45. The van der Waals surface area contributed by atoms with Crippen molar-refractivity contribution in [3.05, 3.63) is 35.6 Å². The van der Waals surface area contributed by atoms with Crippen LogP contribution < -0.4 is 5.32 Å². The Balaban J connectivity index is 1.73. The van der Waals surface area contributed by atoms with Crippen molar-refractivity contribution >= 4 is 5.91 Å². The lowest BCUT2D eigenvalue weighted by molar-refractivity contribution is -0.145. The van der Waals surface area contributed by atoms with Crippen molar-refractivity contribution in [3.63, 3.8) is 0 Å². The number of benzene rings is 1. The Morgan fingerprint density at radius 1 is 1.26 bits per heavy atom. The maximum Gasteiger partial charge on any atom is 0.230 e. The van der Waals surface area contributed by atoms with Crippen molar-refractivity contribution < 1.29 is 9.18 Å². The van der Waals surface area contributed by atoms with Crippen molar-refractivity contribution in [3.8, 4) is 0 Å². The Labute approximate surface area is 112 Å². The van der Waals surface area contributed by atoms with E-state index in [1.807, 2.05) is 4.90 Å². The molecule has 1 unspecified atom stereocenters. The molecule has 2 aliphatic heterocycles. The van der Waals surface area contributed by atoms with Gasteiger partial charge in [-0.1, -0.05) is 12.1 Å². The van der Waals surface area contributed by atoms with E-state index in [0.717, 1.165) is 44.5 Å². The second-order valence-electron chi connectivity index (χ2n) is 5.66. The average Bonchev–Trinajstić information content (AvgIpc) is 2.87. The van der Waals surface area contributed by atoms with Crippen molar-refractivity contribution in [2.75, 3.05) is 19.6 Å². The third-order valence-corrected chi connectivity index (χ3v) is 4.35. The van der Waals surface area contributed by atoms with E-state index < -0.39 is 0 Å². The zero-order chi connectivity index (χ0) is 13.3. The summed E-state index contributed by atoms with van der Waals surface area (Å²) < 4.78 is 12.9. The molecule has 1 aromatic rings. The summed E-state index contributed by atoms with van der Waals surface area (Å²) >= 11 is 0. The lowest BCUT2D eigenvalue weighted by atomic mass is 9.78. The minimum Gasteiger partial charge on any atom is -0.338 e. The first kappa shape index (κ1) is 12.6. The van der Waals surface area contributed by atoms with E-state index >= 15 is 0 Å². The number of rotatable bonds is 2. The van der Waals surface area contributed by atoms with Crippen LogP contribution >= 0.6 is 0 Å². The van der Waals surface area contributed by atoms with E-state index in [1.54, 1.807) is 12.1 Å². The number of carbonyl (C=O) groups excluding carboxylic acids is 1. The van der Waals surface area contributed by atoms with Gasteiger partial charge in [0, 0.05) is 19.6 Å². The summed E-state index contributed by atoms with van der Waals surface area (Å²) in [4.78, 5) is 14.6. The highest BCUT2D eigenvalue weighted by molar-refractivity contribution is 5.84. The number of halogens is 1. The standard InChI is InChI=1S/C15H19FN2O/c16-13-4-2-12(3-5-13)10-18-9-1-6-15(14(18)19)7-8-17-11-15/h2-5,17H,1,6-11H2. The number of likely N-dealkylation sites (tertiary alicyclic amines) is 1. The van der Waals surface area contributed by atoms with E-state index in [1.165, 1.54) is 12.1 Å². The van der Waals surface area contributed by atoms with Crippen LogP contribution in [-0.2, 0) is 11.3 Å². The van der Waals surface area contributed by atoms with Crippen LogP contribution in [0, 0.1) is 11.2 Å². The van der Waals surface area contributed by atoms with Crippen molar-refractivity contribution in [2.45, 2.75) is 25.8 Å². The Hall–Kier alpha value is -1.42. The van der Waals surface area contributed by atoms with Gasteiger partial charge in [-0.05, 0) is 43.5 Å². The van der Waals surface area contributed by atoms with Crippen LogP contribution in [0.1, 0.15) is 24.8 Å². The number of nitrogens with zero attached hydrogens (tertiary/aromatic N) is 1. The fourth-order valence-electron chi connectivity index (χ4n) is 3.25. The van der Waals surface area contributed by atoms with Crippen molar-refractivity contribution in [1.29, 1.82) is 0 Å². The summed E-state index contributed by atoms with van der Waals surface area (Å²) in [6, 6.07) is 6.43. The molecule has 0 saturated carbocycles. The molecule has 3 rings (SSSR count). The monoisotopic (exact) mass is 262 g/mol. The number of piperidine rings is 1. The van der Waals surface area contributed by atoms with E-state index in [0.29, 0.717) is 6.54 Å². The van der Waals surface area contributed by atoms with Crippen LogP contribution in [0.25, 0.3) is 0 Å². The van der Waals surface area contributed by atoms with Gasteiger partial charge in [0.1, 0.15) is 5.82 Å². The number of carbonyl (C=O) groups is 1. The molecule has 0 aromatic heterocycles. The van der Waals surface area contributed by atoms with Gasteiger partial charge in [-0.25, -0.2) is 4.39 Å². The van der Waals surface area contributed by atoms with Gasteiger partial charge in [-0.2, -0.15) is 0 Å². The second kappa shape index (κ2) is 4.93. The fourth-order valence-corrected chi connectivity index (χ4v) is 3.25. The van der Waals surface area contributed by atoms with Gasteiger partial charge in [-0.15, -0.1) is 0 Å². The minimum absolute atomic E-state index is 0.168. The zero-order valence-electron chi connectivity index (χ0n) is 11.0. The molecule has 1 N–H and O–H groups in total. The molecule has 2 saturated heterocycles. The summed E-state index contributed by atoms with van der Waals surface area (Å²) in [7, 11) is 0. The van der Waals surface area contributed by atoms with E-state index in [-0.39, 0.29) is 17.1 Å². The Morgan fingerprint density at radius 3 is 2.74 bits per heavy atom. The molecular weight excluding hydrogens is 243 g/mol. The van der Waals surface area contributed by atoms with Crippen LogP contribution in [0.4, 0.5) is 4.39 Å². The molecule has 1 spiro atoms. The van der Waals surface area contributed by atoms with Gasteiger partial charge < -0.3 is 10.2 Å². The maximum atomic E-state index is 12.9. The SMILES string of the molecule is O=C1N(Cc2ccc(F)cc2)CCCC12CCNC2. The highest BCUT2D eigenvalue weighted by Crippen LogP contribution is 2.37. The van der Waals surface area contributed by atoms with Crippen LogP contribution in [0.5, 0.6) is 0 Å². The molecule has 0 radical (unpaired) electrons. The molecule has 0 aliphatic carbocycles. The lowest BCUT2D eigenvalue weighted by Gasteiger charge is -2.39. The first-order valence-corrected chi connectivity index (χ1v) is 6.94. The summed E-state index contributed by atoms with van der Waals surface area (Å²) in [6.07, 6.45) is 3.01. The highest BCUT2D eigenvalue weighted by atomic mass is 19.1. The zero-order valence-corrected chi connectivity index (χ0v) is 11.0. The van der Waals surface area contributed by atoms with E-state index in [4.69, 9.17) is 0 Å². The molecule has 2 fully saturated rings. The molecule has 0 bridgehead atoms. The number of hydrogen-bond acceptors (Lipinski definition) is 2. The van der Waals surface area contributed by atoms with Crippen LogP contribution in [0.2, 0.25) is 0 Å². The van der Waals surface area contributed by atoms with E-state index in [2.05, 4.69) is 5.32 Å². The summed E-state index contributed by atoms with van der Waals surface area (Å²) in [5.41, 5.74) is 0.830. The fraction of sp³-hybridized carbons (Fsp3) is 0.533. The minimum atomic E-state index is -0.231. The number of amides is 1. The first-order valence-electron chi connectivity index (χ1n) is 6.94. The maximum absolute atomic E-state index is 12.9. The van der Waals surface area contributed by atoms with Gasteiger partial charge >= 0.3 is 0 Å². The number of nitrogens with one attached hydrogen (secondary N) is 1. The Kier molecular flexibility index (Phi) is 3.27. The van der Waals surface area contributed by atoms with Gasteiger partial charge in [0.15, 0.2) is 0 Å². The summed E-state index contributed by atoms with van der Waals surface area (Å²) in [6.45, 7) is 3.17. The predicted molar refractivity (Wildman–Crippen MR) is 71.0 cm³/mol. The normalized spacial score (nSPS) is 27.2. The first-order chi connectivity index (χ1) is 9.20. The van der Waals surface area contributed by atoms with E-state index in [9.17, 15) is 9.18 Å². The van der Waals surface area contributed by atoms with Crippen LogP contribution in [0.3, 0.4) is 0 Å². The Bertz CT molecular complexity index is 466. The molecule has 4 heteroatoms. The summed E-state index contributed by atoms with van der Waals surface area (Å²) in [5, 5.41) is 3.31. The molecule has 1 aromatic carbocycles.